The summed E-state index contributed by atoms with van der Waals surface area (Å²) in [5.74, 6) is -21.7. The highest BCUT2D eigenvalue weighted by atomic mass is 19.4. The Balaban J connectivity index is 3.43. The summed E-state index contributed by atoms with van der Waals surface area (Å²) in [6, 6.07) is 0. The molecule has 2 nitrogen and oxygen atoms in total. The minimum atomic E-state index is -6.64. The minimum Gasteiger partial charge on any atom is -0.504 e. The van der Waals surface area contributed by atoms with E-state index in [0.717, 1.165) is 0 Å². The number of phenols is 2. The largest absolute Gasteiger partial charge is 0.504 e. The van der Waals surface area contributed by atoms with E-state index < -0.39 is 86.9 Å². The molecule has 0 aliphatic heterocycles. The third-order valence-corrected chi connectivity index (χ3v) is 3.75. The van der Waals surface area contributed by atoms with Gasteiger partial charge in [0.15, 0.2) is 29.0 Å². The van der Waals surface area contributed by atoms with Gasteiger partial charge in [-0.25, -0.2) is 13.2 Å². The van der Waals surface area contributed by atoms with Crippen molar-refractivity contribution < 1.29 is 71.7 Å². The third kappa shape index (κ3) is 3.78. The SMILES string of the molecule is Oc1c(F)c(F)c(-c2c(C(F)(F)F)c(F)c(O)c(C(F)(F)F)c2C(F)(F)F)c(F)c1F. The van der Waals surface area contributed by atoms with Crippen molar-refractivity contribution >= 4 is 0 Å². The number of hydrogen-bond donors (Lipinski definition) is 2. The van der Waals surface area contributed by atoms with Gasteiger partial charge in [0.05, 0.1) is 11.1 Å². The lowest BCUT2D eigenvalue weighted by Gasteiger charge is -2.25. The lowest BCUT2D eigenvalue weighted by molar-refractivity contribution is -0.164. The molecule has 31 heavy (non-hydrogen) atoms. The molecule has 0 fully saturated rings. The van der Waals surface area contributed by atoms with E-state index in [1.807, 2.05) is 0 Å². The van der Waals surface area contributed by atoms with Gasteiger partial charge in [0.25, 0.3) is 0 Å². The highest BCUT2D eigenvalue weighted by molar-refractivity contribution is 5.78. The Morgan fingerprint density at radius 2 is 0.742 bits per heavy atom. The Labute approximate surface area is 159 Å². The Morgan fingerprint density at radius 3 is 1.06 bits per heavy atom. The Kier molecular flexibility index (Phi) is 5.53. The smallest absolute Gasteiger partial charge is 0.420 e. The predicted molar refractivity (Wildman–Crippen MR) is 70.0 cm³/mol. The van der Waals surface area contributed by atoms with Crippen molar-refractivity contribution in [3.8, 4) is 22.6 Å². The first kappa shape index (κ1) is 24.3. The molecule has 2 N–H and O–H groups in total. The Bertz CT molecular complexity index is 1030. The summed E-state index contributed by atoms with van der Waals surface area (Å²) >= 11 is 0. The van der Waals surface area contributed by atoms with Crippen LogP contribution in [0.4, 0.5) is 61.5 Å². The van der Waals surface area contributed by atoms with Crippen molar-refractivity contribution in [2.75, 3.05) is 0 Å². The fourth-order valence-corrected chi connectivity index (χ4v) is 2.62. The first-order valence-electron chi connectivity index (χ1n) is 7.09. The molecule has 0 unspecified atom stereocenters. The molecular weight excluding hydrogens is 478 g/mol. The van der Waals surface area contributed by atoms with Crippen LogP contribution >= 0.6 is 0 Å². The van der Waals surface area contributed by atoms with E-state index in [1.165, 1.54) is 0 Å². The first-order chi connectivity index (χ1) is 13.7. The fourth-order valence-electron chi connectivity index (χ4n) is 2.62. The second-order valence-corrected chi connectivity index (χ2v) is 5.64. The van der Waals surface area contributed by atoms with E-state index in [9.17, 15) is 61.5 Å². The summed E-state index contributed by atoms with van der Waals surface area (Å²) in [4.78, 5) is 0. The molecule has 0 spiro atoms. The van der Waals surface area contributed by atoms with Crippen LogP contribution in [0, 0.1) is 29.1 Å². The standard InChI is InChI=1S/C15H2F14O2/c16-6-2(7(17)10(20)12(31)9(6)19)1-3(13(21,22)23)5(15(27,28)29)11(30)8(18)4(1)14(24,25)26/h30-31H. The quantitative estimate of drug-likeness (QED) is 0.361. The normalized spacial score (nSPS) is 13.1. The summed E-state index contributed by atoms with van der Waals surface area (Å²) in [5, 5.41) is 17.9. The van der Waals surface area contributed by atoms with Crippen LogP contribution in [0.2, 0.25) is 0 Å². The molecule has 0 heterocycles. The van der Waals surface area contributed by atoms with E-state index in [-0.39, 0.29) is 0 Å². The van der Waals surface area contributed by atoms with Gasteiger partial charge in [0.2, 0.25) is 11.6 Å². The zero-order valence-electron chi connectivity index (χ0n) is 13.7. The maximum atomic E-state index is 14.0. The van der Waals surface area contributed by atoms with Crippen LogP contribution in [-0.4, -0.2) is 10.2 Å². The van der Waals surface area contributed by atoms with E-state index in [0.29, 0.717) is 0 Å². The second kappa shape index (κ2) is 7.05. The zero-order chi connectivity index (χ0) is 24.4. The fraction of sp³-hybridized carbons (Fsp3) is 0.200. The molecule has 0 bridgehead atoms. The summed E-state index contributed by atoms with van der Waals surface area (Å²) in [6.45, 7) is 0. The lowest BCUT2D eigenvalue weighted by atomic mass is 9.87. The van der Waals surface area contributed by atoms with E-state index in [1.54, 1.807) is 0 Å². The van der Waals surface area contributed by atoms with Crippen molar-refractivity contribution in [3.05, 3.63) is 45.8 Å². The van der Waals surface area contributed by atoms with Crippen LogP contribution in [0.15, 0.2) is 0 Å². The Morgan fingerprint density at radius 1 is 0.387 bits per heavy atom. The number of halogens is 14. The zero-order valence-corrected chi connectivity index (χ0v) is 13.7. The number of aromatic hydroxyl groups is 2. The van der Waals surface area contributed by atoms with Crippen molar-refractivity contribution in [2.24, 2.45) is 0 Å². The predicted octanol–water partition coefficient (Wildman–Crippen LogP) is 6.52. The van der Waals surface area contributed by atoms with Crippen LogP contribution in [-0.2, 0) is 18.5 Å². The van der Waals surface area contributed by atoms with E-state index >= 15 is 0 Å². The molecule has 0 aliphatic carbocycles. The summed E-state index contributed by atoms with van der Waals surface area (Å²) in [5.41, 5.74) is -17.1. The number of hydrogen-bond acceptors (Lipinski definition) is 2. The van der Waals surface area contributed by atoms with Gasteiger partial charge in [0, 0.05) is 5.56 Å². The highest BCUT2D eigenvalue weighted by Crippen LogP contribution is 2.55. The molecule has 2 aromatic rings. The number of rotatable bonds is 1. The lowest BCUT2D eigenvalue weighted by Crippen LogP contribution is -2.24. The molecule has 2 rings (SSSR count). The van der Waals surface area contributed by atoms with Gasteiger partial charge >= 0.3 is 18.5 Å². The molecule has 0 amide bonds. The van der Waals surface area contributed by atoms with E-state index in [2.05, 4.69) is 0 Å². The summed E-state index contributed by atoms with van der Waals surface area (Å²) in [7, 11) is 0. The highest BCUT2D eigenvalue weighted by Gasteiger charge is 2.54. The molecule has 172 valence electrons. The summed E-state index contributed by atoms with van der Waals surface area (Å²) in [6.07, 6.45) is -19.6. The van der Waals surface area contributed by atoms with Crippen LogP contribution < -0.4 is 0 Å². The minimum absolute atomic E-state index is 2.57. The van der Waals surface area contributed by atoms with Crippen molar-refractivity contribution in [3.63, 3.8) is 0 Å². The van der Waals surface area contributed by atoms with Crippen LogP contribution in [0.1, 0.15) is 16.7 Å². The average Bonchev–Trinajstić information content (AvgIpc) is 2.57. The van der Waals surface area contributed by atoms with Gasteiger partial charge in [-0.05, 0) is 0 Å². The molecule has 0 aromatic heterocycles. The van der Waals surface area contributed by atoms with Gasteiger partial charge in [0.1, 0.15) is 11.1 Å². The van der Waals surface area contributed by atoms with Crippen molar-refractivity contribution in [1.82, 2.24) is 0 Å². The van der Waals surface area contributed by atoms with Crippen LogP contribution in [0.25, 0.3) is 11.1 Å². The van der Waals surface area contributed by atoms with Crippen LogP contribution in [0.3, 0.4) is 0 Å². The van der Waals surface area contributed by atoms with Gasteiger partial charge in [-0.3, -0.25) is 0 Å². The molecular formula is C15H2F14O2. The van der Waals surface area contributed by atoms with Crippen LogP contribution in [0.5, 0.6) is 11.5 Å². The van der Waals surface area contributed by atoms with Gasteiger partial charge < -0.3 is 10.2 Å². The van der Waals surface area contributed by atoms with Gasteiger partial charge in [-0.1, -0.05) is 0 Å². The molecule has 0 aliphatic rings. The Hall–Kier alpha value is -2.94. The number of alkyl halides is 9. The molecule has 0 atom stereocenters. The molecule has 0 saturated carbocycles. The first-order valence-corrected chi connectivity index (χ1v) is 7.09. The maximum Gasteiger partial charge on any atom is 0.420 e. The van der Waals surface area contributed by atoms with Gasteiger partial charge in [-0.2, -0.15) is 48.3 Å². The number of benzene rings is 2. The molecule has 2 aromatic carbocycles. The summed E-state index contributed by atoms with van der Waals surface area (Å²) < 4.78 is 188. The average molecular weight is 480 g/mol. The third-order valence-electron chi connectivity index (χ3n) is 3.75. The van der Waals surface area contributed by atoms with E-state index in [4.69, 9.17) is 10.2 Å². The number of phenolic OH excluding ortho intramolecular Hbond substituents is 2. The monoisotopic (exact) mass is 480 g/mol. The molecule has 0 radical (unpaired) electrons. The van der Waals surface area contributed by atoms with Crippen molar-refractivity contribution in [2.45, 2.75) is 18.5 Å². The molecule has 0 saturated heterocycles. The van der Waals surface area contributed by atoms with Crippen molar-refractivity contribution in [1.29, 1.82) is 0 Å². The second-order valence-electron chi connectivity index (χ2n) is 5.64. The topological polar surface area (TPSA) is 40.5 Å². The molecule has 16 heteroatoms. The maximum absolute atomic E-state index is 14.0. The van der Waals surface area contributed by atoms with Gasteiger partial charge in [-0.15, -0.1) is 0 Å².